The molecule has 0 aromatic heterocycles. The molecule has 0 fully saturated rings. The average Bonchev–Trinajstić information content (AvgIpc) is 1.36. The molecule has 2 heteroatoms. The van der Waals surface area contributed by atoms with Gasteiger partial charge in [-0.25, -0.2) is 0 Å². The maximum absolute atomic E-state index is 10.1. The first kappa shape index (κ1) is 10.2. The summed E-state index contributed by atoms with van der Waals surface area (Å²) in [5, 5.41) is 0. The van der Waals surface area contributed by atoms with Crippen molar-refractivity contribution in [2.24, 2.45) is 5.92 Å². The molecule has 1 radical (unpaired) electrons. The molecule has 0 amide bonds. The average molecular weight is 144 g/mol. The van der Waals surface area contributed by atoms with Gasteiger partial charge in [-0.05, 0) is 6.92 Å². The fourth-order valence-corrected chi connectivity index (χ4v) is 0. The quantitative estimate of drug-likeness (QED) is 0.502. The van der Waals surface area contributed by atoms with Crippen LogP contribution < -0.4 is 0 Å². The van der Waals surface area contributed by atoms with Crippen molar-refractivity contribution >= 4 is 5.78 Å². The number of ketones is 1. The van der Waals surface area contributed by atoms with E-state index in [0.717, 1.165) is 0 Å². The number of hydrogen-bond donors (Lipinski definition) is 0. The third-order valence-corrected chi connectivity index (χ3v) is 0.694. The Hall–Kier alpha value is 0.176. The van der Waals surface area contributed by atoms with Crippen LogP contribution in [0.5, 0.6) is 0 Å². The van der Waals surface area contributed by atoms with Gasteiger partial charge in [-0.3, -0.25) is 0 Å². The topological polar surface area (TPSA) is 17.1 Å². The van der Waals surface area contributed by atoms with Crippen LogP contribution in [0.4, 0.5) is 0 Å². The number of carbonyl (C=O) groups excluding carboxylic acids is 1. The summed E-state index contributed by atoms with van der Waals surface area (Å²) in [5.41, 5.74) is 0. The van der Waals surface area contributed by atoms with Gasteiger partial charge >= 0.3 is 16.8 Å². The molecule has 0 aromatic rings. The molecule has 0 aliphatic heterocycles. The van der Waals surface area contributed by atoms with Gasteiger partial charge in [0.15, 0.2) is 0 Å². The molecule has 1 unspecified atom stereocenters. The second-order valence-corrected chi connectivity index (χ2v) is 1.51. The zero-order valence-electron chi connectivity index (χ0n) is 4.53. The van der Waals surface area contributed by atoms with Crippen LogP contribution in [-0.2, 0) is 21.6 Å². The molecule has 0 aromatic carbocycles. The molecule has 0 spiro atoms. The maximum atomic E-state index is 10.1. The molecule has 0 aliphatic rings. The Labute approximate surface area is 54.7 Å². The summed E-state index contributed by atoms with van der Waals surface area (Å²) in [4.78, 5) is 10.1. The summed E-state index contributed by atoms with van der Waals surface area (Å²) in [7, 11) is 0. The van der Waals surface area contributed by atoms with Crippen molar-refractivity contribution in [3.8, 4) is 0 Å². The Bertz CT molecular complexity index is 59.1. The second kappa shape index (κ2) is 4.34. The minimum Gasteiger partial charge on any atom is -0.333 e. The van der Waals surface area contributed by atoms with Crippen molar-refractivity contribution in [3.05, 3.63) is 6.92 Å². The molecule has 0 saturated heterocycles. The van der Waals surface area contributed by atoms with Gasteiger partial charge < -0.3 is 11.7 Å². The van der Waals surface area contributed by atoms with Crippen LogP contribution in [0.3, 0.4) is 0 Å². The van der Waals surface area contributed by atoms with E-state index in [0.29, 0.717) is 0 Å². The summed E-state index contributed by atoms with van der Waals surface area (Å²) < 4.78 is 0. The molecule has 43 valence electrons. The Balaban J connectivity index is 0. The van der Waals surface area contributed by atoms with Crippen LogP contribution in [0, 0.1) is 12.8 Å². The SMILES string of the molecule is [CH2-]C(C)C(C)=O.[Co+2]. The zero-order chi connectivity index (χ0) is 5.15. The van der Waals surface area contributed by atoms with Gasteiger partial charge in [0.2, 0.25) is 0 Å². The number of Topliss-reactive ketones (excluding diaryl/α,β-unsaturated/α-hetero) is 1. The Morgan fingerprint density at radius 2 is 1.86 bits per heavy atom. The standard InChI is InChI=1S/C5H9O.Co/c1-4(2)5(3)6;/h4H,1H2,2-3H3;/q-1;+2. The first-order valence-corrected chi connectivity index (χ1v) is 1.98. The van der Waals surface area contributed by atoms with Crippen molar-refractivity contribution in [2.75, 3.05) is 0 Å². The van der Waals surface area contributed by atoms with Gasteiger partial charge in [-0.2, -0.15) is 0 Å². The molecule has 1 atom stereocenters. The zero-order valence-corrected chi connectivity index (χ0v) is 5.57. The molecular formula is C5H9CoO+. The molecular weight excluding hydrogens is 135 g/mol. The minimum absolute atomic E-state index is 0. The maximum Gasteiger partial charge on any atom is 2.00 e. The van der Waals surface area contributed by atoms with Crippen LogP contribution in [0.1, 0.15) is 13.8 Å². The van der Waals surface area contributed by atoms with Gasteiger partial charge in [0, 0.05) is 0 Å². The van der Waals surface area contributed by atoms with Gasteiger partial charge in [-0.1, -0.05) is 6.92 Å². The van der Waals surface area contributed by atoms with Crippen molar-refractivity contribution in [1.29, 1.82) is 0 Å². The summed E-state index contributed by atoms with van der Waals surface area (Å²) in [6.07, 6.45) is 0. The van der Waals surface area contributed by atoms with E-state index < -0.39 is 0 Å². The van der Waals surface area contributed by atoms with E-state index in [1.165, 1.54) is 6.92 Å². The fraction of sp³-hybridized carbons (Fsp3) is 0.600. The molecule has 0 rings (SSSR count). The molecule has 1 nitrogen and oxygen atoms in total. The van der Waals surface area contributed by atoms with Crippen molar-refractivity contribution < 1.29 is 21.6 Å². The monoisotopic (exact) mass is 144 g/mol. The van der Waals surface area contributed by atoms with Gasteiger partial charge in [0.1, 0.15) is 5.78 Å². The van der Waals surface area contributed by atoms with E-state index in [9.17, 15) is 4.79 Å². The van der Waals surface area contributed by atoms with E-state index in [1.54, 1.807) is 6.92 Å². The van der Waals surface area contributed by atoms with Crippen molar-refractivity contribution in [1.82, 2.24) is 0 Å². The number of rotatable bonds is 1. The number of carbonyl (C=O) groups is 1. The molecule has 0 N–H and O–H groups in total. The molecule has 0 bridgehead atoms. The van der Waals surface area contributed by atoms with E-state index >= 15 is 0 Å². The van der Waals surface area contributed by atoms with E-state index in [2.05, 4.69) is 6.92 Å². The first-order valence-electron chi connectivity index (χ1n) is 1.98. The third kappa shape index (κ3) is 6.18. The predicted octanol–water partition coefficient (Wildman–Crippen LogP) is 1.04. The van der Waals surface area contributed by atoms with Crippen LogP contribution in [-0.4, -0.2) is 5.78 Å². The first-order chi connectivity index (χ1) is 2.64. The minimum atomic E-state index is -0.0370. The fourth-order valence-electron chi connectivity index (χ4n) is 0. The van der Waals surface area contributed by atoms with Crippen molar-refractivity contribution in [3.63, 3.8) is 0 Å². The molecule has 0 heterocycles. The van der Waals surface area contributed by atoms with Crippen LogP contribution >= 0.6 is 0 Å². The Kier molecular flexibility index (Phi) is 6.33. The van der Waals surface area contributed by atoms with Crippen LogP contribution in [0.2, 0.25) is 0 Å². The van der Waals surface area contributed by atoms with Crippen LogP contribution in [0.15, 0.2) is 0 Å². The van der Waals surface area contributed by atoms with Gasteiger partial charge in [0.05, 0.1) is 0 Å². The Morgan fingerprint density at radius 3 is 1.86 bits per heavy atom. The molecule has 7 heavy (non-hydrogen) atoms. The van der Waals surface area contributed by atoms with Crippen molar-refractivity contribution in [2.45, 2.75) is 13.8 Å². The van der Waals surface area contributed by atoms with E-state index in [4.69, 9.17) is 0 Å². The van der Waals surface area contributed by atoms with Gasteiger partial charge in [0.25, 0.3) is 0 Å². The molecule has 0 saturated carbocycles. The second-order valence-electron chi connectivity index (χ2n) is 1.51. The predicted molar refractivity (Wildman–Crippen MR) is 25.2 cm³/mol. The van der Waals surface area contributed by atoms with Gasteiger partial charge in [-0.15, -0.1) is 5.92 Å². The van der Waals surface area contributed by atoms with E-state index in [-0.39, 0.29) is 28.5 Å². The summed E-state index contributed by atoms with van der Waals surface area (Å²) in [5.74, 6) is 0.111. The Morgan fingerprint density at radius 1 is 1.71 bits per heavy atom. The number of hydrogen-bond acceptors (Lipinski definition) is 1. The third-order valence-electron chi connectivity index (χ3n) is 0.694. The van der Waals surface area contributed by atoms with E-state index in [1.807, 2.05) is 0 Å². The summed E-state index contributed by atoms with van der Waals surface area (Å²) in [6.45, 7) is 6.81. The molecule has 0 aliphatic carbocycles. The summed E-state index contributed by atoms with van der Waals surface area (Å²) >= 11 is 0. The summed E-state index contributed by atoms with van der Waals surface area (Å²) in [6, 6.07) is 0. The smallest absolute Gasteiger partial charge is 0.333 e. The largest absolute Gasteiger partial charge is 2.00 e. The van der Waals surface area contributed by atoms with Crippen LogP contribution in [0.25, 0.3) is 0 Å². The normalized spacial score (nSPS) is 11.9.